The maximum atomic E-state index is 3.64. The summed E-state index contributed by atoms with van der Waals surface area (Å²) in [5, 5.41) is 3.64. The lowest BCUT2D eigenvalue weighted by atomic mass is 10.1. The Kier molecular flexibility index (Phi) is 7.87. The minimum Gasteiger partial charge on any atom is -0.314 e. The average Bonchev–Trinajstić information content (AvgIpc) is 2.27. The molecular weight excluding hydrogens is 196 g/mol. The van der Waals surface area contributed by atoms with Gasteiger partial charge >= 0.3 is 0 Å². The number of rotatable bonds is 6. The topological polar surface area (TPSA) is 15.3 Å². The summed E-state index contributed by atoms with van der Waals surface area (Å²) in [7, 11) is 0. The van der Waals surface area contributed by atoms with E-state index in [1.165, 1.54) is 71.1 Å². The van der Waals surface area contributed by atoms with Gasteiger partial charge in [0.05, 0.1) is 0 Å². The zero-order valence-corrected chi connectivity index (χ0v) is 11.3. The molecular formula is C14H30N2. The number of hydrogen-bond donors (Lipinski definition) is 1. The quantitative estimate of drug-likeness (QED) is 0.700. The largest absolute Gasteiger partial charge is 0.314 e. The van der Waals surface area contributed by atoms with Gasteiger partial charge in [0.15, 0.2) is 0 Å². The van der Waals surface area contributed by atoms with Crippen LogP contribution >= 0.6 is 0 Å². The van der Waals surface area contributed by atoms with E-state index in [9.17, 15) is 0 Å². The number of nitrogens with one attached hydrogen (secondary N) is 1. The van der Waals surface area contributed by atoms with Gasteiger partial charge in [0.2, 0.25) is 0 Å². The molecule has 0 bridgehead atoms. The molecule has 96 valence electrons. The second kappa shape index (κ2) is 9.00. The molecule has 0 aliphatic carbocycles. The van der Waals surface area contributed by atoms with Gasteiger partial charge in [0, 0.05) is 6.04 Å². The fourth-order valence-electron chi connectivity index (χ4n) is 2.50. The van der Waals surface area contributed by atoms with E-state index in [1.54, 1.807) is 0 Å². The van der Waals surface area contributed by atoms with Gasteiger partial charge in [-0.15, -0.1) is 0 Å². The van der Waals surface area contributed by atoms with Gasteiger partial charge < -0.3 is 10.2 Å². The minimum absolute atomic E-state index is 0.762. The molecule has 1 fully saturated rings. The van der Waals surface area contributed by atoms with Crippen molar-refractivity contribution in [1.29, 1.82) is 0 Å². The van der Waals surface area contributed by atoms with Crippen LogP contribution in [0.5, 0.6) is 0 Å². The van der Waals surface area contributed by atoms with E-state index in [0.717, 1.165) is 6.04 Å². The Bertz CT molecular complexity index is 159. The Morgan fingerprint density at radius 2 is 2.00 bits per heavy atom. The zero-order valence-electron chi connectivity index (χ0n) is 11.3. The van der Waals surface area contributed by atoms with Crippen LogP contribution in [-0.4, -0.2) is 37.1 Å². The molecule has 1 N–H and O–H groups in total. The lowest BCUT2D eigenvalue weighted by Gasteiger charge is -2.28. The van der Waals surface area contributed by atoms with Crippen molar-refractivity contribution >= 4 is 0 Å². The third kappa shape index (κ3) is 5.86. The Labute approximate surface area is 102 Å². The van der Waals surface area contributed by atoms with E-state index in [2.05, 4.69) is 24.1 Å². The molecule has 0 saturated carbocycles. The SMILES string of the molecule is CCCCCCN1CCCNC(CC)CC1. The van der Waals surface area contributed by atoms with E-state index < -0.39 is 0 Å². The summed E-state index contributed by atoms with van der Waals surface area (Å²) in [6.45, 7) is 9.73. The summed E-state index contributed by atoms with van der Waals surface area (Å²) in [4.78, 5) is 2.68. The van der Waals surface area contributed by atoms with Crippen molar-refractivity contribution in [2.45, 2.75) is 64.8 Å². The normalized spacial score (nSPS) is 24.0. The molecule has 1 saturated heterocycles. The fourth-order valence-corrected chi connectivity index (χ4v) is 2.50. The molecule has 1 atom stereocenters. The maximum Gasteiger partial charge on any atom is 0.00766 e. The van der Waals surface area contributed by atoms with Gasteiger partial charge in [0.1, 0.15) is 0 Å². The lowest BCUT2D eigenvalue weighted by Crippen LogP contribution is -2.39. The lowest BCUT2D eigenvalue weighted by molar-refractivity contribution is 0.227. The molecule has 2 heteroatoms. The van der Waals surface area contributed by atoms with Crippen molar-refractivity contribution in [2.24, 2.45) is 0 Å². The van der Waals surface area contributed by atoms with Crippen molar-refractivity contribution in [3.63, 3.8) is 0 Å². The first-order valence-electron chi connectivity index (χ1n) is 7.32. The Morgan fingerprint density at radius 3 is 2.75 bits per heavy atom. The van der Waals surface area contributed by atoms with Crippen LogP contribution in [0.15, 0.2) is 0 Å². The van der Waals surface area contributed by atoms with E-state index in [0.29, 0.717) is 0 Å². The summed E-state index contributed by atoms with van der Waals surface area (Å²) in [6, 6.07) is 0.762. The predicted molar refractivity (Wildman–Crippen MR) is 71.9 cm³/mol. The summed E-state index contributed by atoms with van der Waals surface area (Å²) in [5.41, 5.74) is 0. The molecule has 1 aliphatic heterocycles. The molecule has 0 radical (unpaired) electrons. The van der Waals surface area contributed by atoms with Crippen molar-refractivity contribution in [1.82, 2.24) is 10.2 Å². The summed E-state index contributed by atoms with van der Waals surface area (Å²) in [5.74, 6) is 0. The van der Waals surface area contributed by atoms with Crippen LogP contribution in [0.2, 0.25) is 0 Å². The molecule has 0 spiro atoms. The first-order chi connectivity index (χ1) is 7.86. The number of hydrogen-bond acceptors (Lipinski definition) is 2. The third-order valence-corrected chi connectivity index (χ3v) is 3.70. The highest BCUT2D eigenvalue weighted by Gasteiger charge is 2.12. The Balaban J connectivity index is 2.14. The number of unbranched alkanes of at least 4 members (excludes halogenated alkanes) is 3. The molecule has 0 amide bonds. The highest BCUT2D eigenvalue weighted by Crippen LogP contribution is 2.07. The first kappa shape index (κ1) is 14.0. The molecule has 1 heterocycles. The van der Waals surface area contributed by atoms with Crippen molar-refractivity contribution < 1.29 is 0 Å². The standard InChI is InChI=1S/C14H30N2/c1-3-5-6-7-11-16-12-8-10-15-14(4-2)9-13-16/h14-15H,3-13H2,1-2H3. The van der Waals surface area contributed by atoms with E-state index >= 15 is 0 Å². The molecule has 0 aromatic rings. The minimum atomic E-state index is 0.762. The fraction of sp³-hybridized carbons (Fsp3) is 1.00. The summed E-state index contributed by atoms with van der Waals surface area (Å²) in [6.07, 6.45) is 9.52. The zero-order chi connectivity index (χ0) is 11.6. The molecule has 0 aromatic heterocycles. The van der Waals surface area contributed by atoms with Gasteiger partial charge in [0.25, 0.3) is 0 Å². The van der Waals surface area contributed by atoms with E-state index in [-0.39, 0.29) is 0 Å². The van der Waals surface area contributed by atoms with Crippen LogP contribution in [0.1, 0.15) is 58.8 Å². The second-order valence-electron chi connectivity index (χ2n) is 5.10. The van der Waals surface area contributed by atoms with Crippen LogP contribution in [0.4, 0.5) is 0 Å². The monoisotopic (exact) mass is 226 g/mol. The van der Waals surface area contributed by atoms with Crippen LogP contribution < -0.4 is 5.32 Å². The smallest absolute Gasteiger partial charge is 0.00766 e. The van der Waals surface area contributed by atoms with E-state index in [1.807, 2.05) is 0 Å². The summed E-state index contributed by atoms with van der Waals surface area (Å²) >= 11 is 0. The molecule has 1 rings (SSSR count). The Hall–Kier alpha value is -0.0800. The average molecular weight is 226 g/mol. The van der Waals surface area contributed by atoms with Crippen molar-refractivity contribution in [3.05, 3.63) is 0 Å². The van der Waals surface area contributed by atoms with Gasteiger partial charge in [-0.3, -0.25) is 0 Å². The van der Waals surface area contributed by atoms with Gasteiger partial charge in [-0.1, -0.05) is 33.1 Å². The summed E-state index contributed by atoms with van der Waals surface area (Å²) < 4.78 is 0. The first-order valence-corrected chi connectivity index (χ1v) is 7.32. The molecule has 0 aromatic carbocycles. The van der Waals surface area contributed by atoms with Gasteiger partial charge in [-0.2, -0.15) is 0 Å². The van der Waals surface area contributed by atoms with E-state index in [4.69, 9.17) is 0 Å². The third-order valence-electron chi connectivity index (χ3n) is 3.70. The molecule has 16 heavy (non-hydrogen) atoms. The van der Waals surface area contributed by atoms with Crippen LogP contribution in [0.25, 0.3) is 0 Å². The van der Waals surface area contributed by atoms with Crippen LogP contribution in [-0.2, 0) is 0 Å². The van der Waals surface area contributed by atoms with Gasteiger partial charge in [-0.05, 0) is 51.9 Å². The molecule has 2 nitrogen and oxygen atoms in total. The van der Waals surface area contributed by atoms with Crippen molar-refractivity contribution in [3.8, 4) is 0 Å². The highest BCUT2D eigenvalue weighted by molar-refractivity contribution is 4.72. The molecule has 1 unspecified atom stereocenters. The number of nitrogens with zero attached hydrogens (tertiary/aromatic N) is 1. The van der Waals surface area contributed by atoms with Gasteiger partial charge in [-0.25, -0.2) is 0 Å². The van der Waals surface area contributed by atoms with Crippen LogP contribution in [0.3, 0.4) is 0 Å². The van der Waals surface area contributed by atoms with Crippen molar-refractivity contribution in [2.75, 3.05) is 26.2 Å². The Morgan fingerprint density at radius 1 is 1.12 bits per heavy atom. The molecule has 1 aliphatic rings. The maximum absolute atomic E-state index is 3.64. The predicted octanol–water partition coefficient (Wildman–Crippen LogP) is 3.03. The second-order valence-corrected chi connectivity index (χ2v) is 5.10. The highest BCUT2D eigenvalue weighted by atomic mass is 15.1. The van der Waals surface area contributed by atoms with Crippen LogP contribution in [0, 0.1) is 0 Å².